The highest BCUT2D eigenvalue weighted by Crippen LogP contribution is 2.44. The molecule has 8 nitrogen and oxygen atoms in total. The predicted octanol–water partition coefficient (Wildman–Crippen LogP) is -1.72. The lowest BCUT2D eigenvalue weighted by Crippen LogP contribution is -2.39. The Kier molecular flexibility index (Phi) is 4.21. The molecule has 0 aliphatic rings. The summed E-state index contributed by atoms with van der Waals surface area (Å²) in [6.07, 6.45) is 0. The summed E-state index contributed by atoms with van der Waals surface area (Å²) >= 11 is 0. The third-order valence-electron chi connectivity index (χ3n) is 1.57. The van der Waals surface area contributed by atoms with Crippen molar-refractivity contribution < 1.29 is 34.2 Å². The van der Waals surface area contributed by atoms with Gasteiger partial charge in [-0.3, -0.25) is 14.2 Å². The van der Waals surface area contributed by atoms with E-state index in [1.54, 1.807) is 0 Å². The highest BCUT2D eigenvalue weighted by atomic mass is 31.2. The summed E-state index contributed by atoms with van der Waals surface area (Å²) in [4.78, 5) is 38.1. The second-order valence-electron chi connectivity index (χ2n) is 2.55. The molecule has 14 heavy (non-hydrogen) atoms. The SMILES string of the molecule is NCC(C(=O)O)C(C(=O)O)P(=O)(O)O. The van der Waals surface area contributed by atoms with E-state index < -0.39 is 37.7 Å². The summed E-state index contributed by atoms with van der Waals surface area (Å²) in [6, 6.07) is 0. The second kappa shape index (κ2) is 4.52. The zero-order chi connectivity index (χ0) is 11.5. The van der Waals surface area contributed by atoms with Gasteiger partial charge in [0.25, 0.3) is 0 Å². The van der Waals surface area contributed by atoms with Crippen molar-refractivity contribution in [3.63, 3.8) is 0 Å². The number of aliphatic carboxylic acids is 2. The van der Waals surface area contributed by atoms with E-state index in [2.05, 4.69) is 0 Å². The van der Waals surface area contributed by atoms with E-state index in [-0.39, 0.29) is 0 Å². The number of nitrogens with two attached hydrogens (primary N) is 1. The molecule has 2 unspecified atom stereocenters. The van der Waals surface area contributed by atoms with E-state index in [1.807, 2.05) is 0 Å². The monoisotopic (exact) mass is 227 g/mol. The van der Waals surface area contributed by atoms with Crippen molar-refractivity contribution in [3.05, 3.63) is 0 Å². The van der Waals surface area contributed by atoms with Gasteiger partial charge in [0.2, 0.25) is 0 Å². The zero-order valence-corrected chi connectivity index (χ0v) is 7.79. The minimum Gasteiger partial charge on any atom is -0.481 e. The normalized spacial score (nSPS) is 15.9. The summed E-state index contributed by atoms with van der Waals surface area (Å²) in [5, 5.41) is 16.9. The largest absolute Gasteiger partial charge is 0.481 e. The molecule has 0 aliphatic carbocycles. The smallest absolute Gasteiger partial charge is 0.340 e. The summed E-state index contributed by atoms with van der Waals surface area (Å²) in [6.45, 7) is -0.655. The molecular weight excluding hydrogens is 217 g/mol. The Balaban J connectivity index is 5.10. The molecule has 82 valence electrons. The molecule has 0 aromatic heterocycles. The number of rotatable bonds is 5. The van der Waals surface area contributed by atoms with Gasteiger partial charge in [-0.05, 0) is 0 Å². The molecule has 9 heteroatoms. The van der Waals surface area contributed by atoms with Crippen LogP contribution in [0.5, 0.6) is 0 Å². The molecule has 2 atom stereocenters. The first kappa shape index (κ1) is 13.1. The van der Waals surface area contributed by atoms with Crippen molar-refractivity contribution in [2.45, 2.75) is 5.66 Å². The van der Waals surface area contributed by atoms with E-state index in [9.17, 15) is 14.2 Å². The maximum absolute atomic E-state index is 10.7. The third-order valence-corrected chi connectivity index (χ3v) is 2.87. The molecule has 0 radical (unpaired) electrons. The van der Waals surface area contributed by atoms with Crippen molar-refractivity contribution in [2.75, 3.05) is 6.54 Å². The standard InChI is InChI=1S/C5H10NO7P/c6-1-2(4(7)8)3(5(9)10)14(11,12)13/h2-3H,1,6H2,(H,7,8)(H,9,10)(H2,11,12,13). The molecule has 0 aromatic carbocycles. The van der Waals surface area contributed by atoms with Gasteiger partial charge >= 0.3 is 19.5 Å². The number of carbonyl (C=O) groups is 2. The van der Waals surface area contributed by atoms with Crippen LogP contribution in [0.15, 0.2) is 0 Å². The molecule has 0 bridgehead atoms. The Morgan fingerprint density at radius 2 is 1.64 bits per heavy atom. The molecule has 0 saturated heterocycles. The highest BCUT2D eigenvalue weighted by molar-refractivity contribution is 7.53. The Morgan fingerprint density at radius 3 is 1.71 bits per heavy atom. The molecule has 0 rings (SSSR count). The molecule has 6 N–H and O–H groups in total. The molecule has 0 spiro atoms. The van der Waals surface area contributed by atoms with Crippen LogP contribution in [0.3, 0.4) is 0 Å². The maximum Gasteiger partial charge on any atom is 0.340 e. The lowest BCUT2D eigenvalue weighted by atomic mass is 10.1. The van der Waals surface area contributed by atoms with Crippen molar-refractivity contribution in [3.8, 4) is 0 Å². The van der Waals surface area contributed by atoms with Crippen LogP contribution >= 0.6 is 7.60 Å². The van der Waals surface area contributed by atoms with Crippen molar-refractivity contribution in [1.29, 1.82) is 0 Å². The van der Waals surface area contributed by atoms with Gasteiger partial charge in [-0.2, -0.15) is 0 Å². The Labute approximate surface area is 78.5 Å². The van der Waals surface area contributed by atoms with Crippen molar-refractivity contribution >= 4 is 19.5 Å². The fourth-order valence-corrected chi connectivity index (χ4v) is 1.92. The van der Waals surface area contributed by atoms with Crippen LogP contribution in [-0.4, -0.2) is 44.1 Å². The number of hydrogen-bond donors (Lipinski definition) is 5. The van der Waals surface area contributed by atoms with Crippen molar-refractivity contribution in [1.82, 2.24) is 0 Å². The fraction of sp³-hybridized carbons (Fsp3) is 0.600. The van der Waals surface area contributed by atoms with E-state index >= 15 is 0 Å². The quantitative estimate of drug-likeness (QED) is 0.347. The Bertz CT molecular complexity index is 284. The van der Waals surface area contributed by atoms with Crippen LogP contribution in [-0.2, 0) is 14.2 Å². The zero-order valence-electron chi connectivity index (χ0n) is 6.90. The molecule has 0 aliphatic heterocycles. The number of carboxylic acids is 2. The first-order chi connectivity index (χ1) is 6.21. The van der Waals surface area contributed by atoms with Gasteiger partial charge in [-0.1, -0.05) is 0 Å². The van der Waals surface area contributed by atoms with E-state index in [0.29, 0.717) is 0 Å². The molecule has 0 saturated carbocycles. The van der Waals surface area contributed by atoms with E-state index in [0.717, 1.165) is 0 Å². The number of hydrogen-bond acceptors (Lipinski definition) is 4. The van der Waals surface area contributed by atoms with E-state index in [4.69, 9.17) is 25.7 Å². The Hall–Kier alpha value is -0.950. The average Bonchev–Trinajstić information content (AvgIpc) is 1.95. The van der Waals surface area contributed by atoms with E-state index in [1.165, 1.54) is 0 Å². The molecule has 0 aromatic rings. The van der Waals surface area contributed by atoms with Gasteiger partial charge in [0.05, 0.1) is 5.92 Å². The first-order valence-electron chi connectivity index (χ1n) is 3.42. The lowest BCUT2D eigenvalue weighted by Gasteiger charge is -2.19. The maximum atomic E-state index is 10.7. The molecular formula is C5H10NO7P. The van der Waals surface area contributed by atoms with Crippen molar-refractivity contribution in [2.24, 2.45) is 11.7 Å². The van der Waals surface area contributed by atoms with Gasteiger partial charge in [-0.25, -0.2) is 0 Å². The molecule has 0 heterocycles. The molecule has 0 amide bonds. The summed E-state index contributed by atoms with van der Waals surface area (Å²) in [5.41, 5.74) is 2.62. The lowest BCUT2D eigenvalue weighted by molar-refractivity contribution is -0.147. The summed E-state index contributed by atoms with van der Waals surface area (Å²) in [5.74, 6) is -5.33. The predicted molar refractivity (Wildman–Crippen MR) is 43.6 cm³/mol. The molecule has 0 fully saturated rings. The first-order valence-corrected chi connectivity index (χ1v) is 5.10. The van der Waals surface area contributed by atoms with Crippen LogP contribution in [0, 0.1) is 5.92 Å². The van der Waals surface area contributed by atoms with Gasteiger partial charge in [0.1, 0.15) is 0 Å². The van der Waals surface area contributed by atoms with Crippen LogP contribution in [0.2, 0.25) is 0 Å². The fourth-order valence-electron chi connectivity index (χ4n) is 0.915. The third kappa shape index (κ3) is 3.08. The highest BCUT2D eigenvalue weighted by Gasteiger charge is 2.45. The second-order valence-corrected chi connectivity index (χ2v) is 4.29. The minimum absolute atomic E-state index is 0.655. The topological polar surface area (TPSA) is 158 Å². The summed E-state index contributed by atoms with van der Waals surface area (Å²) in [7, 11) is -5.02. The van der Waals surface area contributed by atoms with Gasteiger partial charge in [0.15, 0.2) is 5.66 Å². The van der Waals surface area contributed by atoms with Gasteiger partial charge in [0, 0.05) is 6.54 Å². The minimum atomic E-state index is -5.02. The van der Waals surface area contributed by atoms with Crippen LogP contribution in [0.4, 0.5) is 0 Å². The number of carboxylic acid groups (broad SMARTS) is 2. The summed E-state index contributed by atoms with van der Waals surface area (Å²) < 4.78 is 10.7. The van der Waals surface area contributed by atoms with Crippen LogP contribution in [0.1, 0.15) is 0 Å². The Morgan fingerprint density at radius 1 is 1.21 bits per heavy atom. The average molecular weight is 227 g/mol. The van der Waals surface area contributed by atoms with Gasteiger partial charge < -0.3 is 25.7 Å². The van der Waals surface area contributed by atoms with Crippen LogP contribution in [0.25, 0.3) is 0 Å². The van der Waals surface area contributed by atoms with Crippen LogP contribution < -0.4 is 5.73 Å². The van der Waals surface area contributed by atoms with Gasteiger partial charge in [-0.15, -0.1) is 0 Å².